The van der Waals surface area contributed by atoms with Gasteiger partial charge in [0.15, 0.2) is 5.58 Å². The third kappa shape index (κ3) is 7.65. The van der Waals surface area contributed by atoms with Gasteiger partial charge in [-0.25, -0.2) is 9.78 Å². The Labute approximate surface area is 226 Å². The van der Waals surface area contributed by atoms with Gasteiger partial charge in [-0.2, -0.15) is 0 Å². The molecule has 0 fully saturated rings. The Balaban J connectivity index is 1.47. The van der Waals surface area contributed by atoms with Gasteiger partial charge in [0, 0.05) is 18.7 Å². The molecule has 0 aliphatic rings. The van der Waals surface area contributed by atoms with Crippen LogP contribution in [0.2, 0.25) is 0 Å². The number of methoxy groups -OCH3 is 1. The number of urea groups is 1. The van der Waals surface area contributed by atoms with Crippen LogP contribution in [0, 0.1) is 0 Å². The van der Waals surface area contributed by atoms with Crippen LogP contribution in [-0.2, 0) is 4.79 Å². The lowest BCUT2D eigenvalue weighted by molar-refractivity contribution is -0.274. The van der Waals surface area contributed by atoms with Crippen molar-refractivity contribution in [2.45, 2.75) is 32.0 Å². The van der Waals surface area contributed by atoms with Gasteiger partial charge in [-0.15, -0.1) is 13.2 Å². The molecule has 0 saturated heterocycles. The van der Waals surface area contributed by atoms with Crippen LogP contribution in [0.5, 0.6) is 11.5 Å². The Morgan fingerprint density at radius 1 is 0.975 bits per heavy atom. The summed E-state index contributed by atoms with van der Waals surface area (Å²) in [5.74, 6) is -0.434. The number of carbonyl (C=O) groups excluding carboxylic acids is 1. The van der Waals surface area contributed by atoms with Crippen LogP contribution in [0.15, 0.2) is 65.1 Å². The Morgan fingerprint density at radius 2 is 1.73 bits per heavy atom. The maximum Gasteiger partial charge on any atom is 0.573 e. The van der Waals surface area contributed by atoms with E-state index in [-0.39, 0.29) is 18.1 Å². The summed E-state index contributed by atoms with van der Waals surface area (Å²) in [6.07, 6.45) is -2.76. The summed E-state index contributed by atoms with van der Waals surface area (Å²) in [4.78, 5) is 27.4. The highest BCUT2D eigenvalue weighted by atomic mass is 19.4. The second-order valence-corrected chi connectivity index (χ2v) is 8.77. The van der Waals surface area contributed by atoms with Gasteiger partial charge in [0.1, 0.15) is 17.0 Å². The molecule has 3 N–H and O–H groups in total. The van der Waals surface area contributed by atoms with E-state index in [0.717, 1.165) is 0 Å². The second-order valence-electron chi connectivity index (χ2n) is 8.77. The number of anilines is 1. The largest absolute Gasteiger partial charge is 0.573 e. The number of aliphatic carboxylic acids is 1. The van der Waals surface area contributed by atoms with Gasteiger partial charge in [0.25, 0.3) is 0 Å². The molecule has 9 nitrogen and oxygen atoms in total. The first-order chi connectivity index (χ1) is 19.1. The summed E-state index contributed by atoms with van der Waals surface area (Å²) < 4.78 is 52.6. The fourth-order valence-corrected chi connectivity index (χ4v) is 3.98. The highest BCUT2D eigenvalue weighted by molar-refractivity contribution is 5.91. The Hall–Kier alpha value is -4.74. The van der Waals surface area contributed by atoms with Crippen molar-refractivity contribution in [3.8, 4) is 34.1 Å². The third-order valence-corrected chi connectivity index (χ3v) is 5.85. The van der Waals surface area contributed by atoms with Gasteiger partial charge in [-0.3, -0.25) is 4.79 Å². The number of alkyl halides is 3. The maximum atomic E-state index is 12.4. The fourth-order valence-electron chi connectivity index (χ4n) is 3.98. The topological polar surface area (TPSA) is 123 Å². The number of unbranched alkanes of at least 4 members (excludes halogenated alkanes) is 2. The normalized spacial score (nSPS) is 11.3. The monoisotopic (exact) mass is 557 g/mol. The number of benzene rings is 3. The molecule has 3 aromatic carbocycles. The number of carboxylic acid groups (broad SMARTS) is 1. The first-order valence-electron chi connectivity index (χ1n) is 12.3. The number of hydrogen-bond acceptors (Lipinski definition) is 6. The van der Waals surface area contributed by atoms with Gasteiger partial charge < -0.3 is 29.6 Å². The number of ether oxygens (including phenoxy) is 2. The number of carboxylic acids is 1. The number of fused-ring (bicyclic) bond motifs is 1. The van der Waals surface area contributed by atoms with E-state index in [1.54, 1.807) is 36.4 Å². The number of oxazole rings is 1. The molecule has 210 valence electrons. The zero-order valence-electron chi connectivity index (χ0n) is 21.4. The quantitative estimate of drug-likeness (QED) is 0.173. The van der Waals surface area contributed by atoms with Crippen molar-refractivity contribution < 1.29 is 41.8 Å². The van der Waals surface area contributed by atoms with Gasteiger partial charge in [0.05, 0.1) is 12.7 Å². The van der Waals surface area contributed by atoms with Crippen molar-refractivity contribution in [2.75, 3.05) is 19.0 Å². The van der Waals surface area contributed by atoms with Crippen LogP contribution in [0.3, 0.4) is 0 Å². The molecule has 0 unspecified atom stereocenters. The summed E-state index contributed by atoms with van der Waals surface area (Å²) in [7, 11) is 1.50. The summed E-state index contributed by atoms with van der Waals surface area (Å²) in [5.41, 5.74) is 3.36. The van der Waals surface area contributed by atoms with E-state index in [2.05, 4.69) is 20.4 Å². The van der Waals surface area contributed by atoms with Gasteiger partial charge in [-0.05, 0) is 66.4 Å². The summed E-state index contributed by atoms with van der Waals surface area (Å²) in [5, 5.41) is 14.1. The van der Waals surface area contributed by atoms with Crippen molar-refractivity contribution >= 4 is 28.8 Å². The molecule has 40 heavy (non-hydrogen) atoms. The number of amides is 2. The highest BCUT2D eigenvalue weighted by Gasteiger charge is 2.31. The number of rotatable bonds is 11. The predicted octanol–water partition coefficient (Wildman–Crippen LogP) is 6.84. The number of carbonyl (C=O) groups is 2. The third-order valence-electron chi connectivity index (χ3n) is 5.85. The molecule has 0 bridgehead atoms. The molecule has 0 spiro atoms. The molecule has 0 saturated carbocycles. The lowest BCUT2D eigenvalue weighted by Gasteiger charge is -2.10. The Morgan fingerprint density at radius 3 is 2.42 bits per heavy atom. The van der Waals surface area contributed by atoms with Crippen molar-refractivity contribution in [2.24, 2.45) is 0 Å². The van der Waals surface area contributed by atoms with E-state index in [9.17, 15) is 22.8 Å². The minimum Gasteiger partial charge on any atom is -0.496 e. The molecule has 1 aromatic heterocycles. The Kier molecular flexibility index (Phi) is 8.77. The molecule has 4 rings (SSSR count). The zero-order chi connectivity index (χ0) is 28.7. The molecular formula is C28H26F3N3O6. The molecule has 0 radical (unpaired) electrons. The zero-order valence-corrected chi connectivity index (χ0v) is 21.4. The molecule has 0 aliphatic carbocycles. The fraction of sp³-hybridized carbons (Fsp3) is 0.250. The van der Waals surface area contributed by atoms with Crippen LogP contribution in [0.4, 0.5) is 23.7 Å². The molecule has 0 aliphatic heterocycles. The molecule has 1 heterocycles. The lowest BCUT2D eigenvalue weighted by atomic mass is 10.1. The molecule has 2 amide bonds. The first kappa shape index (κ1) is 28.3. The van der Waals surface area contributed by atoms with Crippen LogP contribution in [-0.4, -0.2) is 42.1 Å². The molecule has 12 heteroatoms. The van der Waals surface area contributed by atoms with E-state index in [1.807, 2.05) is 0 Å². The average Bonchev–Trinajstić information content (AvgIpc) is 3.33. The molecular weight excluding hydrogens is 531 g/mol. The second kappa shape index (κ2) is 12.4. The van der Waals surface area contributed by atoms with E-state index in [0.29, 0.717) is 65.0 Å². The highest BCUT2D eigenvalue weighted by Crippen LogP contribution is 2.35. The van der Waals surface area contributed by atoms with E-state index in [4.69, 9.17) is 14.3 Å². The molecule has 4 aromatic rings. The van der Waals surface area contributed by atoms with Gasteiger partial charge in [0.2, 0.25) is 5.89 Å². The number of nitrogens with one attached hydrogen (secondary N) is 2. The van der Waals surface area contributed by atoms with Crippen LogP contribution < -0.4 is 20.1 Å². The Bertz CT molecular complexity index is 1490. The van der Waals surface area contributed by atoms with E-state index in [1.165, 1.54) is 31.4 Å². The van der Waals surface area contributed by atoms with Crippen LogP contribution in [0.1, 0.15) is 25.7 Å². The number of hydrogen-bond donors (Lipinski definition) is 3. The molecule has 0 atom stereocenters. The van der Waals surface area contributed by atoms with Crippen molar-refractivity contribution in [1.29, 1.82) is 0 Å². The number of halogens is 3. The maximum absolute atomic E-state index is 12.4. The summed E-state index contributed by atoms with van der Waals surface area (Å²) >= 11 is 0. The minimum absolute atomic E-state index is 0.103. The average molecular weight is 558 g/mol. The van der Waals surface area contributed by atoms with Crippen LogP contribution in [0.25, 0.3) is 33.7 Å². The van der Waals surface area contributed by atoms with Crippen LogP contribution >= 0.6 is 0 Å². The number of aromatic nitrogens is 1. The van der Waals surface area contributed by atoms with Crippen molar-refractivity contribution in [3.05, 3.63) is 60.7 Å². The minimum atomic E-state index is -4.76. The van der Waals surface area contributed by atoms with Gasteiger partial charge in [-0.1, -0.05) is 24.6 Å². The first-order valence-corrected chi connectivity index (χ1v) is 12.3. The predicted molar refractivity (Wildman–Crippen MR) is 141 cm³/mol. The van der Waals surface area contributed by atoms with E-state index < -0.39 is 18.4 Å². The number of nitrogens with zero attached hydrogens (tertiary/aromatic N) is 1. The van der Waals surface area contributed by atoms with Crippen molar-refractivity contribution in [1.82, 2.24) is 10.3 Å². The lowest BCUT2D eigenvalue weighted by Crippen LogP contribution is -2.29. The van der Waals surface area contributed by atoms with E-state index >= 15 is 0 Å². The smallest absolute Gasteiger partial charge is 0.496 e. The van der Waals surface area contributed by atoms with Crippen molar-refractivity contribution in [3.63, 3.8) is 0 Å². The SMILES string of the molecule is COc1ccc(NC(=O)NCCCCCC(=O)O)cc1-c1nc2cc(-c3ccc(OC(F)(F)F)cc3)ccc2o1. The van der Waals surface area contributed by atoms with Gasteiger partial charge >= 0.3 is 18.4 Å². The standard InChI is InChI=1S/C28H26F3N3O6/c1-38-23-13-9-19(33-27(37)32-14-4-2-3-5-25(35)36)16-21(23)26-34-22-15-18(8-12-24(22)39-26)17-6-10-20(11-7-17)40-28(29,30)31/h6-13,15-16H,2-5,14H2,1H3,(H,35,36)(H2,32,33,37). The summed E-state index contributed by atoms with van der Waals surface area (Å²) in [6.45, 7) is 0.403. The summed E-state index contributed by atoms with van der Waals surface area (Å²) in [6, 6.07) is 15.3.